The van der Waals surface area contributed by atoms with Gasteiger partial charge in [0.1, 0.15) is 0 Å². The molecular weight excluding hydrogens is 246 g/mol. The molecule has 1 aromatic carbocycles. The van der Waals surface area contributed by atoms with Crippen molar-refractivity contribution in [3.05, 3.63) is 53.4 Å². The number of hydrogen-bond donors (Lipinski definition) is 0. The molecule has 0 saturated heterocycles. The molecule has 2 aromatic heterocycles. The van der Waals surface area contributed by atoms with Gasteiger partial charge in [-0.25, -0.2) is 0 Å². The summed E-state index contributed by atoms with van der Waals surface area (Å²) in [6.45, 7) is 0.909. The van der Waals surface area contributed by atoms with Gasteiger partial charge in [-0.3, -0.25) is 4.68 Å². The van der Waals surface area contributed by atoms with Crippen molar-refractivity contribution in [1.82, 2.24) is 14.3 Å². The van der Waals surface area contributed by atoms with Crippen LogP contribution in [0, 0.1) is 0 Å². The topological polar surface area (TPSA) is 22.8 Å². The van der Waals surface area contributed by atoms with Crippen molar-refractivity contribution >= 4 is 22.5 Å². The van der Waals surface area contributed by atoms with Gasteiger partial charge in [0.05, 0.1) is 10.5 Å². The quantitative estimate of drug-likeness (QED) is 0.708. The minimum absolute atomic E-state index is 0.808. The van der Waals surface area contributed by atoms with Gasteiger partial charge in [-0.15, -0.1) is 0 Å². The van der Waals surface area contributed by atoms with Crippen LogP contribution in [-0.2, 0) is 20.0 Å². The van der Waals surface area contributed by atoms with E-state index in [0.717, 1.165) is 23.5 Å². The maximum absolute atomic E-state index is 6.26. The van der Waals surface area contributed by atoms with Crippen LogP contribution in [0.5, 0.6) is 0 Å². The van der Waals surface area contributed by atoms with Crippen molar-refractivity contribution in [3.63, 3.8) is 0 Å². The van der Waals surface area contributed by atoms with E-state index >= 15 is 0 Å². The molecule has 3 aromatic rings. The van der Waals surface area contributed by atoms with Gasteiger partial charge in [0.25, 0.3) is 0 Å². The Kier molecular flexibility index (Phi) is 2.84. The van der Waals surface area contributed by atoms with Gasteiger partial charge in [-0.05, 0) is 18.2 Å². The summed E-state index contributed by atoms with van der Waals surface area (Å²) >= 11 is 6.26. The summed E-state index contributed by atoms with van der Waals surface area (Å²) in [6.07, 6.45) is 4.87. The Morgan fingerprint density at radius 1 is 1.22 bits per heavy atom. The first-order chi connectivity index (χ1) is 8.75. The van der Waals surface area contributed by atoms with Gasteiger partial charge >= 0.3 is 0 Å². The Morgan fingerprint density at radius 2 is 2.11 bits per heavy atom. The minimum Gasteiger partial charge on any atom is -0.346 e. The Morgan fingerprint density at radius 3 is 2.89 bits per heavy atom. The SMILES string of the molecule is Cn1nccc1CCn1ccc2cccc(Cl)c21. The van der Waals surface area contributed by atoms with E-state index in [-0.39, 0.29) is 0 Å². The second-order valence-corrected chi connectivity index (χ2v) is 4.79. The summed E-state index contributed by atoms with van der Waals surface area (Å²) in [4.78, 5) is 0. The van der Waals surface area contributed by atoms with Crippen LogP contribution in [0.3, 0.4) is 0 Å². The average molecular weight is 260 g/mol. The van der Waals surface area contributed by atoms with E-state index in [4.69, 9.17) is 11.6 Å². The predicted octanol–water partition coefficient (Wildman–Crippen LogP) is 3.27. The number of nitrogens with zero attached hydrogens (tertiary/aromatic N) is 3. The zero-order valence-corrected chi connectivity index (χ0v) is 10.9. The molecule has 0 aliphatic rings. The normalized spacial score (nSPS) is 11.2. The molecule has 0 saturated carbocycles. The monoisotopic (exact) mass is 259 g/mol. The second kappa shape index (κ2) is 4.50. The molecule has 0 aliphatic carbocycles. The lowest BCUT2D eigenvalue weighted by molar-refractivity contribution is 0.649. The van der Waals surface area contributed by atoms with Crippen molar-refractivity contribution in [3.8, 4) is 0 Å². The number of aryl methyl sites for hydroxylation is 3. The van der Waals surface area contributed by atoms with E-state index in [1.165, 1.54) is 11.1 Å². The highest BCUT2D eigenvalue weighted by Crippen LogP contribution is 2.24. The summed E-state index contributed by atoms with van der Waals surface area (Å²) in [7, 11) is 1.97. The third-order valence-electron chi connectivity index (χ3n) is 3.27. The number of fused-ring (bicyclic) bond motifs is 1. The smallest absolute Gasteiger partial charge is 0.0669 e. The van der Waals surface area contributed by atoms with Crippen molar-refractivity contribution in [2.75, 3.05) is 0 Å². The molecule has 0 fully saturated rings. The third kappa shape index (κ3) is 1.91. The van der Waals surface area contributed by atoms with Crippen LogP contribution in [0.1, 0.15) is 5.69 Å². The molecule has 0 unspecified atom stereocenters. The molecule has 0 aliphatic heterocycles. The molecule has 3 rings (SSSR count). The number of aromatic nitrogens is 3. The molecule has 0 radical (unpaired) electrons. The molecular formula is C14H14ClN3. The molecule has 18 heavy (non-hydrogen) atoms. The van der Waals surface area contributed by atoms with Crippen LogP contribution < -0.4 is 0 Å². The summed E-state index contributed by atoms with van der Waals surface area (Å²) in [5.41, 5.74) is 2.34. The number of para-hydroxylation sites is 1. The lowest BCUT2D eigenvalue weighted by atomic mass is 10.2. The molecule has 0 N–H and O–H groups in total. The van der Waals surface area contributed by atoms with E-state index in [1.54, 1.807) is 0 Å². The van der Waals surface area contributed by atoms with E-state index in [2.05, 4.69) is 28.0 Å². The van der Waals surface area contributed by atoms with Crippen molar-refractivity contribution in [2.45, 2.75) is 13.0 Å². The Labute approximate surface area is 111 Å². The lowest BCUT2D eigenvalue weighted by Crippen LogP contribution is -2.04. The fourth-order valence-corrected chi connectivity index (χ4v) is 2.57. The number of rotatable bonds is 3. The van der Waals surface area contributed by atoms with Gasteiger partial charge in [-0.1, -0.05) is 23.7 Å². The molecule has 3 nitrogen and oxygen atoms in total. The predicted molar refractivity (Wildman–Crippen MR) is 73.9 cm³/mol. The average Bonchev–Trinajstić information content (AvgIpc) is 2.94. The Hall–Kier alpha value is -1.74. The van der Waals surface area contributed by atoms with E-state index in [0.29, 0.717) is 0 Å². The van der Waals surface area contributed by atoms with Crippen LogP contribution in [0.4, 0.5) is 0 Å². The van der Waals surface area contributed by atoms with Crippen molar-refractivity contribution < 1.29 is 0 Å². The second-order valence-electron chi connectivity index (χ2n) is 4.38. The van der Waals surface area contributed by atoms with E-state index in [9.17, 15) is 0 Å². The van der Waals surface area contributed by atoms with Crippen molar-refractivity contribution in [2.24, 2.45) is 7.05 Å². The molecule has 0 atom stereocenters. The molecule has 0 spiro atoms. The van der Waals surface area contributed by atoms with E-state index < -0.39 is 0 Å². The number of benzene rings is 1. The van der Waals surface area contributed by atoms with Crippen molar-refractivity contribution in [1.29, 1.82) is 0 Å². The van der Waals surface area contributed by atoms with Crippen LogP contribution >= 0.6 is 11.6 Å². The molecule has 92 valence electrons. The van der Waals surface area contributed by atoms with Gasteiger partial charge in [0, 0.05) is 43.5 Å². The fourth-order valence-electron chi connectivity index (χ4n) is 2.28. The maximum atomic E-state index is 6.26. The first-order valence-corrected chi connectivity index (χ1v) is 6.34. The summed E-state index contributed by atoms with van der Waals surface area (Å²) in [5.74, 6) is 0. The first-order valence-electron chi connectivity index (χ1n) is 5.96. The highest BCUT2D eigenvalue weighted by Gasteiger charge is 2.06. The maximum Gasteiger partial charge on any atom is 0.0669 e. The zero-order valence-electron chi connectivity index (χ0n) is 10.2. The largest absolute Gasteiger partial charge is 0.346 e. The van der Waals surface area contributed by atoms with E-state index in [1.807, 2.05) is 36.1 Å². The summed E-state index contributed by atoms with van der Waals surface area (Å²) < 4.78 is 4.11. The van der Waals surface area contributed by atoms with Crippen LogP contribution in [-0.4, -0.2) is 14.3 Å². The molecule has 2 heterocycles. The third-order valence-corrected chi connectivity index (χ3v) is 3.58. The number of halogens is 1. The molecule has 0 bridgehead atoms. The van der Waals surface area contributed by atoms with Gasteiger partial charge in [0.15, 0.2) is 0 Å². The highest BCUT2D eigenvalue weighted by molar-refractivity contribution is 6.35. The van der Waals surface area contributed by atoms with Gasteiger partial charge in [0.2, 0.25) is 0 Å². The standard InChI is InChI=1S/C14H14ClN3/c1-17-12(5-8-16-17)7-10-18-9-6-11-3-2-4-13(15)14(11)18/h2-6,8-9H,7,10H2,1H3. The molecule has 4 heteroatoms. The van der Waals surface area contributed by atoms with Gasteiger partial charge < -0.3 is 4.57 Å². The van der Waals surface area contributed by atoms with Crippen LogP contribution in [0.15, 0.2) is 42.7 Å². The Balaban J connectivity index is 1.89. The fraction of sp³-hybridized carbons (Fsp3) is 0.214. The minimum atomic E-state index is 0.808. The summed E-state index contributed by atoms with van der Waals surface area (Å²) in [6, 6.07) is 10.2. The van der Waals surface area contributed by atoms with Crippen LogP contribution in [0.25, 0.3) is 10.9 Å². The highest BCUT2D eigenvalue weighted by atomic mass is 35.5. The molecule has 0 amide bonds. The lowest BCUT2D eigenvalue weighted by Gasteiger charge is -2.07. The van der Waals surface area contributed by atoms with Gasteiger partial charge in [-0.2, -0.15) is 5.10 Å². The zero-order chi connectivity index (χ0) is 12.5. The first kappa shape index (κ1) is 11.4. The Bertz CT molecular complexity index is 681. The summed E-state index contributed by atoms with van der Waals surface area (Å²) in [5, 5.41) is 6.17. The number of hydrogen-bond acceptors (Lipinski definition) is 1. The van der Waals surface area contributed by atoms with Crippen LogP contribution in [0.2, 0.25) is 5.02 Å².